The second-order valence-electron chi connectivity index (χ2n) is 6.48. The van der Waals surface area contributed by atoms with Crippen LogP contribution in [0.4, 0.5) is 0 Å². The van der Waals surface area contributed by atoms with E-state index in [2.05, 4.69) is 22.7 Å². The van der Waals surface area contributed by atoms with Crippen molar-refractivity contribution >= 4 is 23.2 Å². The number of hydrogen-bond donors (Lipinski definition) is 2. The molecule has 6 nitrogen and oxygen atoms in total. The summed E-state index contributed by atoms with van der Waals surface area (Å²) in [7, 11) is 1.84. The minimum atomic E-state index is 0.0834. The second kappa shape index (κ2) is 7.65. The molecule has 1 aliphatic rings. The van der Waals surface area contributed by atoms with Gasteiger partial charge in [-0.25, -0.2) is 4.68 Å². The van der Waals surface area contributed by atoms with E-state index in [0.717, 1.165) is 17.7 Å². The molecule has 0 aliphatic carbocycles. The van der Waals surface area contributed by atoms with Gasteiger partial charge >= 0.3 is 0 Å². The number of carbonyl (C=O) groups excluding carboxylic acids is 1. The maximum Gasteiger partial charge on any atom is 0.224 e. The first kappa shape index (κ1) is 17.4. The summed E-state index contributed by atoms with van der Waals surface area (Å²) >= 11 is 5.19. The quantitative estimate of drug-likeness (QED) is 0.800. The fourth-order valence-electron chi connectivity index (χ4n) is 3.12. The van der Waals surface area contributed by atoms with E-state index >= 15 is 0 Å². The number of carbonyl (C=O) groups is 1. The summed E-state index contributed by atoms with van der Waals surface area (Å²) in [6.07, 6.45) is 4.97. The topological polar surface area (TPSA) is 62.2 Å². The van der Waals surface area contributed by atoms with E-state index in [0.29, 0.717) is 18.1 Å². The smallest absolute Gasteiger partial charge is 0.224 e. The number of aromatic nitrogens is 2. The molecule has 1 aromatic carbocycles. The number of thiocarbonyl (C=S) groups is 1. The Morgan fingerprint density at radius 1 is 1.36 bits per heavy atom. The van der Waals surface area contributed by atoms with E-state index in [4.69, 9.17) is 12.2 Å². The molecule has 0 radical (unpaired) electrons. The summed E-state index contributed by atoms with van der Waals surface area (Å²) in [5, 5.41) is 11.3. The van der Waals surface area contributed by atoms with Crippen molar-refractivity contribution in [3.63, 3.8) is 0 Å². The lowest BCUT2D eigenvalue weighted by Crippen LogP contribution is -2.54. The Morgan fingerprint density at radius 2 is 2.16 bits per heavy atom. The molecule has 1 fully saturated rings. The fourth-order valence-corrected chi connectivity index (χ4v) is 3.49. The first-order valence-electron chi connectivity index (χ1n) is 8.42. The van der Waals surface area contributed by atoms with Gasteiger partial charge in [0.05, 0.1) is 5.69 Å². The van der Waals surface area contributed by atoms with Gasteiger partial charge in [-0.15, -0.1) is 0 Å². The Kier molecular flexibility index (Phi) is 5.33. The Bertz CT molecular complexity index is 746. The molecular formula is C18H23N5OS. The van der Waals surface area contributed by atoms with Crippen molar-refractivity contribution in [2.45, 2.75) is 38.4 Å². The normalized spacial score (nSPS) is 19.8. The van der Waals surface area contributed by atoms with Crippen molar-refractivity contribution in [1.29, 1.82) is 0 Å². The SMILES string of the molecule is C[C@@H]1C[C@@H](CC(=O)N(C)Cc2ccccc2-n2cccn2)NC(=S)N1. The van der Waals surface area contributed by atoms with Gasteiger partial charge in [-0.05, 0) is 43.3 Å². The molecule has 1 saturated heterocycles. The number of nitrogens with one attached hydrogen (secondary N) is 2. The highest BCUT2D eigenvalue weighted by Gasteiger charge is 2.24. The van der Waals surface area contributed by atoms with Gasteiger partial charge in [0.2, 0.25) is 5.91 Å². The number of para-hydroxylation sites is 1. The van der Waals surface area contributed by atoms with Crippen LogP contribution in [0, 0.1) is 0 Å². The lowest BCUT2D eigenvalue weighted by atomic mass is 10.0. The summed E-state index contributed by atoms with van der Waals surface area (Å²) < 4.78 is 1.82. The van der Waals surface area contributed by atoms with Crippen molar-refractivity contribution in [2.24, 2.45) is 0 Å². The summed E-state index contributed by atoms with van der Waals surface area (Å²) in [5.74, 6) is 0.102. The molecule has 0 unspecified atom stereocenters. The van der Waals surface area contributed by atoms with Crippen LogP contribution in [0.25, 0.3) is 5.69 Å². The van der Waals surface area contributed by atoms with Crippen LogP contribution in [-0.2, 0) is 11.3 Å². The molecular weight excluding hydrogens is 334 g/mol. The molecule has 2 atom stereocenters. The molecule has 0 bridgehead atoms. The van der Waals surface area contributed by atoms with Gasteiger partial charge in [0.25, 0.3) is 0 Å². The molecule has 132 valence electrons. The molecule has 1 amide bonds. The molecule has 0 saturated carbocycles. The summed E-state index contributed by atoms with van der Waals surface area (Å²) in [4.78, 5) is 14.4. The summed E-state index contributed by atoms with van der Waals surface area (Å²) in [6, 6.07) is 10.3. The van der Waals surface area contributed by atoms with E-state index in [9.17, 15) is 4.79 Å². The van der Waals surface area contributed by atoms with Gasteiger partial charge in [-0.1, -0.05) is 18.2 Å². The number of nitrogens with zero attached hydrogens (tertiary/aromatic N) is 3. The Morgan fingerprint density at radius 3 is 2.88 bits per heavy atom. The largest absolute Gasteiger partial charge is 0.360 e. The van der Waals surface area contributed by atoms with Crippen molar-refractivity contribution in [3.8, 4) is 5.69 Å². The van der Waals surface area contributed by atoms with Crippen LogP contribution < -0.4 is 10.6 Å². The van der Waals surface area contributed by atoms with Gasteiger partial charge in [0.1, 0.15) is 0 Å². The average Bonchev–Trinajstić information content (AvgIpc) is 3.08. The van der Waals surface area contributed by atoms with Crippen LogP contribution in [0.1, 0.15) is 25.3 Å². The van der Waals surface area contributed by atoms with E-state index < -0.39 is 0 Å². The molecule has 2 heterocycles. The van der Waals surface area contributed by atoms with Crippen LogP contribution in [0.5, 0.6) is 0 Å². The van der Waals surface area contributed by atoms with Crippen molar-refractivity contribution < 1.29 is 4.79 Å². The highest BCUT2D eigenvalue weighted by molar-refractivity contribution is 7.80. The van der Waals surface area contributed by atoms with Gasteiger partial charge in [-0.3, -0.25) is 4.79 Å². The summed E-state index contributed by atoms with van der Waals surface area (Å²) in [6.45, 7) is 2.62. The van der Waals surface area contributed by atoms with Gasteiger partial charge in [-0.2, -0.15) is 5.10 Å². The first-order chi connectivity index (χ1) is 12.0. The van der Waals surface area contributed by atoms with Gasteiger partial charge < -0.3 is 15.5 Å². The van der Waals surface area contributed by atoms with Crippen LogP contribution in [-0.4, -0.2) is 44.8 Å². The minimum absolute atomic E-state index is 0.0834. The zero-order valence-electron chi connectivity index (χ0n) is 14.5. The zero-order chi connectivity index (χ0) is 17.8. The number of rotatable bonds is 5. The molecule has 1 aromatic heterocycles. The molecule has 25 heavy (non-hydrogen) atoms. The van der Waals surface area contributed by atoms with Crippen LogP contribution in [0.3, 0.4) is 0 Å². The van der Waals surface area contributed by atoms with E-state index in [1.54, 1.807) is 11.1 Å². The zero-order valence-corrected chi connectivity index (χ0v) is 15.3. The third kappa shape index (κ3) is 4.36. The molecule has 2 aromatic rings. The van der Waals surface area contributed by atoms with Crippen molar-refractivity contribution in [3.05, 3.63) is 48.3 Å². The Labute approximate surface area is 153 Å². The Balaban J connectivity index is 1.65. The van der Waals surface area contributed by atoms with Gasteiger partial charge in [0, 0.05) is 44.5 Å². The monoisotopic (exact) mass is 357 g/mol. The fraction of sp³-hybridized carbons (Fsp3) is 0.389. The highest BCUT2D eigenvalue weighted by atomic mass is 32.1. The predicted octanol–water partition coefficient (Wildman–Crippen LogP) is 1.85. The number of hydrogen-bond acceptors (Lipinski definition) is 3. The maximum atomic E-state index is 12.6. The highest BCUT2D eigenvalue weighted by Crippen LogP contribution is 2.16. The third-order valence-electron chi connectivity index (χ3n) is 4.35. The Hall–Kier alpha value is -2.41. The van der Waals surface area contributed by atoms with E-state index in [1.807, 2.05) is 48.3 Å². The minimum Gasteiger partial charge on any atom is -0.360 e. The van der Waals surface area contributed by atoms with E-state index in [-0.39, 0.29) is 18.0 Å². The van der Waals surface area contributed by atoms with Gasteiger partial charge in [0.15, 0.2) is 5.11 Å². The van der Waals surface area contributed by atoms with Crippen LogP contribution in [0.2, 0.25) is 0 Å². The van der Waals surface area contributed by atoms with Crippen molar-refractivity contribution in [1.82, 2.24) is 25.3 Å². The van der Waals surface area contributed by atoms with Crippen LogP contribution in [0.15, 0.2) is 42.7 Å². The lowest BCUT2D eigenvalue weighted by Gasteiger charge is -2.31. The first-order valence-corrected chi connectivity index (χ1v) is 8.82. The van der Waals surface area contributed by atoms with Crippen LogP contribution >= 0.6 is 12.2 Å². The predicted molar refractivity (Wildman–Crippen MR) is 101 cm³/mol. The molecule has 7 heteroatoms. The standard InChI is InChI=1S/C18H23N5OS/c1-13-10-15(21-18(25)20-13)11-17(24)22(2)12-14-6-3-4-7-16(14)23-9-5-8-19-23/h3-9,13,15H,10-12H2,1-2H3,(H2,20,21,25)/t13-,15+/m1/s1. The molecule has 1 aliphatic heterocycles. The number of benzene rings is 1. The molecule has 0 spiro atoms. The lowest BCUT2D eigenvalue weighted by molar-refractivity contribution is -0.131. The van der Waals surface area contributed by atoms with Crippen molar-refractivity contribution in [2.75, 3.05) is 7.05 Å². The van der Waals surface area contributed by atoms with E-state index in [1.165, 1.54) is 0 Å². The average molecular weight is 357 g/mol. The number of amides is 1. The molecule has 2 N–H and O–H groups in total. The second-order valence-corrected chi connectivity index (χ2v) is 6.89. The third-order valence-corrected chi connectivity index (χ3v) is 4.58. The summed E-state index contributed by atoms with van der Waals surface area (Å²) in [5.41, 5.74) is 2.05. The molecule has 3 rings (SSSR count). The maximum absolute atomic E-state index is 12.6.